The van der Waals surface area contributed by atoms with Gasteiger partial charge in [0.05, 0.1) is 5.69 Å². The van der Waals surface area contributed by atoms with Gasteiger partial charge in [-0.05, 0) is 42.3 Å². The lowest BCUT2D eigenvalue weighted by Crippen LogP contribution is -2.13. The number of anilines is 1. The lowest BCUT2D eigenvalue weighted by atomic mass is 10.1. The van der Waals surface area contributed by atoms with E-state index in [1.807, 2.05) is 12.1 Å². The number of amides is 1. The lowest BCUT2D eigenvalue weighted by molar-refractivity contribution is -0.116. The Balaban J connectivity index is 1.92. The van der Waals surface area contributed by atoms with Gasteiger partial charge in [-0.1, -0.05) is 35.3 Å². The second kappa shape index (κ2) is 6.73. The van der Waals surface area contributed by atoms with Crippen LogP contribution in [-0.4, -0.2) is 5.91 Å². The van der Waals surface area contributed by atoms with Crippen LogP contribution in [-0.2, 0) is 11.2 Å². The molecule has 0 aliphatic rings. The SMILES string of the molecule is O=C(CCc1ccc(Cl)cc1)Nc1cc(Cl)ccc1F. The van der Waals surface area contributed by atoms with Gasteiger partial charge in [-0.3, -0.25) is 4.79 Å². The van der Waals surface area contributed by atoms with Crippen LogP contribution in [0.15, 0.2) is 42.5 Å². The van der Waals surface area contributed by atoms with Gasteiger partial charge >= 0.3 is 0 Å². The Labute approximate surface area is 126 Å². The van der Waals surface area contributed by atoms with Gasteiger partial charge in [0, 0.05) is 16.5 Å². The van der Waals surface area contributed by atoms with Gasteiger partial charge in [0.2, 0.25) is 5.91 Å². The largest absolute Gasteiger partial charge is 0.324 e. The molecule has 2 aromatic carbocycles. The number of hydrogen-bond donors (Lipinski definition) is 1. The zero-order chi connectivity index (χ0) is 14.5. The van der Waals surface area contributed by atoms with E-state index in [0.717, 1.165) is 5.56 Å². The van der Waals surface area contributed by atoms with Crippen molar-refractivity contribution in [1.82, 2.24) is 0 Å². The van der Waals surface area contributed by atoms with Crippen molar-refractivity contribution >= 4 is 34.8 Å². The number of hydrogen-bond acceptors (Lipinski definition) is 1. The molecule has 2 nitrogen and oxygen atoms in total. The molecule has 1 amide bonds. The van der Waals surface area contributed by atoms with Crippen molar-refractivity contribution in [2.24, 2.45) is 0 Å². The fourth-order valence-corrected chi connectivity index (χ4v) is 2.01. The summed E-state index contributed by atoms with van der Waals surface area (Å²) in [7, 11) is 0. The first-order valence-electron chi connectivity index (χ1n) is 6.04. The van der Waals surface area contributed by atoms with Gasteiger partial charge in [-0.15, -0.1) is 0 Å². The van der Waals surface area contributed by atoms with E-state index in [-0.39, 0.29) is 18.0 Å². The fourth-order valence-electron chi connectivity index (χ4n) is 1.71. The minimum absolute atomic E-state index is 0.0959. The van der Waals surface area contributed by atoms with Crippen molar-refractivity contribution in [3.63, 3.8) is 0 Å². The summed E-state index contributed by atoms with van der Waals surface area (Å²) in [4.78, 5) is 11.8. The molecule has 0 aromatic heterocycles. The molecular formula is C15H12Cl2FNO. The highest BCUT2D eigenvalue weighted by Crippen LogP contribution is 2.20. The van der Waals surface area contributed by atoms with Crippen molar-refractivity contribution in [3.8, 4) is 0 Å². The van der Waals surface area contributed by atoms with Crippen LogP contribution in [0.25, 0.3) is 0 Å². The zero-order valence-electron chi connectivity index (χ0n) is 10.5. The molecule has 0 bridgehead atoms. The molecule has 5 heteroatoms. The van der Waals surface area contributed by atoms with E-state index in [4.69, 9.17) is 23.2 Å². The first kappa shape index (κ1) is 14.8. The first-order valence-corrected chi connectivity index (χ1v) is 6.79. The summed E-state index contributed by atoms with van der Waals surface area (Å²) >= 11 is 11.5. The second-order valence-electron chi connectivity index (χ2n) is 4.30. The number of rotatable bonds is 4. The normalized spacial score (nSPS) is 10.3. The van der Waals surface area contributed by atoms with Gasteiger partial charge in [-0.25, -0.2) is 4.39 Å². The van der Waals surface area contributed by atoms with Crippen LogP contribution in [0.4, 0.5) is 10.1 Å². The zero-order valence-corrected chi connectivity index (χ0v) is 12.0. The van der Waals surface area contributed by atoms with Crippen LogP contribution in [0.5, 0.6) is 0 Å². The molecule has 0 fully saturated rings. The van der Waals surface area contributed by atoms with E-state index >= 15 is 0 Å². The van der Waals surface area contributed by atoms with Crippen LogP contribution in [0.1, 0.15) is 12.0 Å². The van der Waals surface area contributed by atoms with Crippen molar-refractivity contribution in [3.05, 3.63) is 63.9 Å². The molecule has 0 saturated carbocycles. The molecule has 0 atom stereocenters. The number of aryl methyl sites for hydroxylation is 1. The quantitative estimate of drug-likeness (QED) is 0.871. The third-order valence-corrected chi connectivity index (χ3v) is 3.24. The van der Waals surface area contributed by atoms with Crippen molar-refractivity contribution in [2.45, 2.75) is 12.8 Å². The van der Waals surface area contributed by atoms with Gasteiger partial charge in [0.25, 0.3) is 0 Å². The number of benzene rings is 2. The maximum absolute atomic E-state index is 13.4. The Kier molecular flexibility index (Phi) is 4.99. The van der Waals surface area contributed by atoms with Crippen molar-refractivity contribution < 1.29 is 9.18 Å². The van der Waals surface area contributed by atoms with Crippen LogP contribution in [0.3, 0.4) is 0 Å². The van der Waals surface area contributed by atoms with Crippen molar-refractivity contribution in [2.75, 3.05) is 5.32 Å². The minimum Gasteiger partial charge on any atom is -0.324 e. The average Bonchev–Trinajstić information content (AvgIpc) is 2.42. The molecule has 20 heavy (non-hydrogen) atoms. The van der Waals surface area contributed by atoms with Crippen LogP contribution < -0.4 is 5.32 Å². The summed E-state index contributed by atoms with van der Waals surface area (Å²) in [6.45, 7) is 0. The highest BCUT2D eigenvalue weighted by Gasteiger charge is 2.08. The van der Waals surface area contributed by atoms with Crippen LogP contribution in [0.2, 0.25) is 10.0 Å². The molecule has 0 aliphatic carbocycles. The number of halogens is 3. The fraction of sp³-hybridized carbons (Fsp3) is 0.133. The Bertz CT molecular complexity index is 614. The van der Waals surface area contributed by atoms with E-state index in [1.165, 1.54) is 18.2 Å². The standard InChI is InChI=1S/C15H12Cl2FNO/c16-11-4-1-10(2-5-11)3-8-15(20)19-14-9-12(17)6-7-13(14)18/h1-2,4-7,9H,3,8H2,(H,19,20). The third-order valence-electron chi connectivity index (χ3n) is 2.76. The monoisotopic (exact) mass is 311 g/mol. The lowest BCUT2D eigenvalue weighted by Gasteiger charge is -2.07. The average molecular weight is 312 g/mol. The van der Waals surface area contributed by atoms with E-state index in [1.54, 1.807) is 12.1 Å². The van der Waals surface area contributed by atoms with E-state index in [9.17, 15) is 9.18 Å². The van der Waals surface area contributed by atoms with E-state index in [0.29, 0.717) is 16.5 Å². The Morgan fingerprint density at radius 1 is 1.05 bits per heavy atom. The molecule has 0 radical (unpaired) electrons. The summed E-state index contributed by atoms with van der Waals surface area (Å²) in [5.41, 5.74) is 1.09. The molecule has 0 heterocycles. The number of carbonyl (C=O) groups is 1. The van der Waals surface area contributed by atoms with Gasteiger partial charge in [-0.2, -0.15) is 0 Å². The smallest absolute Gasteiger partial charge is 0.224 e. The topological polar surface area (TPSA) is 29.1 Å². The van der Waals surface area contributed by atoms with Gasteiger partial charge < -0.3 is 5.32 Å². The Morgan fingerprint density at radius 3 is 2.40 bits per heavy atom. The second-order valence-corrected chi connectivity index (χ2v) is 5.17. The Hall–Kier alpha value is -1.58. The predicted molar refractivity (Wildman–Crippen MR) is 79.8 cm³/mol. The van der Waals surface area contributed by atoms with Gasteiger partial charge in [0.1, 0.15) is 5.82 Å². The maximum atomic E-state index is 13.4. The molecule has 0 unspecified atom stereocenters. The van der Waals surface area contributed by atoms with Crippen LogP contribution in [0, 0.1) is 5.82 Å². The highest BCUT2D eigenvalue weighted by molar-refractivity contribution is 6.31. The summed E-state index contributed by atoms with van der Waals surface area (Å²) in [6.07, 6.45) is 0.818. The maximum Gasteiger partial charge on any atom is 0.224 e. The molecule has 1 N–H and O–H groups in total. The van der Waals surface area contributed by atoms with Gasteiger partial charge in [0.15, 0.2) is 0 Å². The molecule has 0 saturated heterocycles. The minimum atomic E-state index is -0.505. The van der Waals surface area contributed by atoms with Crippen molar-refractivity contribution in [1.29, 1.82) is 0 Å². The molecule has 2 rings (SSSR count). The molecule has 0 spiro atoms. The predicted octanol–water partition coefficient (Wildman–Crippen LogP) is 4.70. The number of carbonyl (C=O) groups excluding carboxylic acids is 1. The highest BCUT2D eigenvalue weighted by atomic mass is 35.5. The molecule has 104 valence electrons. The van der Waals surface area contributed by atoms with E-state index < -0.39 is 5.82 Å². The van der Waals surface area contributed by atoms with Crippen LogP contribution >= 0.6 is 23.2 Å². The first-order chi connectivity index (χ1) is 9.54. The molecule has 2 aromatic rings. The summed E-state index contributed by atoms with van der Waals surface area (Å²) in [5.74, 6) is -0.768. The van der Waals surface area contributed by atoms with E-state index in [2.05, 4.69) is 5.32 Å². The summed E-state index contributed by atoms with van der Waals surface area (Å²) in [5, 5.41) is 3.53. The third kappa shape index (κ3) is 4.22. The number of nitrogens with one attached hydrogen (secondary N) is 1. The Morgan fingerprint density at radius 2 is 1.70 bits per heavy atom. The summed E-state index contributed by atoms with van der Waals surface area (Å²) in [6, 6.07) is 11.3. The molecule has 0 aliphatic heterocycles. The summed E-state index contributed by atoms with van der Waals surface area (Å²) < 4.78 is 13.4. The molecular weight excluding hydrogens is 300 g/mol.